The van der Waals surface area contributed by atoms with Gasteiger partial charge in [-0.25, -0.2) is 4.79 Å². The molecule has 0 saturated carbocycles. The van der Waals surface area contributed by atoms with Gasteiger partial charge in [-0.1, -0.05) is 65.7 Å². The Balaban J connectivity index is 1.53. The summed E-state index contributed by atoms with van der Waals surface area (Å²) in [5.74, 6) is -0.938. The van der Waals surface area contributed by atoms with E-state index in [1.807, 2.05) is 23.1 Å². The molecule has 7 heteroatoms. The van der Waals surface area contributed by atoms with Crippen LogP contribution in [-0.2, 0) is 6.42 Å². The smallest absolute Gasteiger partial charge is 0.335 e. The van der Waals surface area contributed by atoms with Gasteiger partial charge in [0.2, 0.25) is 0 Å². The van der Waals surface area contributed by atoms with Gasteiger partial charge in [0.15, 0.2) is 0 Å². The normalized spacial score (nSPS) is 17.2. The van der Waals surface area contributed by atoms with Gasteiger partial charge in [0, 0.05) is 29.6 Å². The summed E-state index contributed by atoms with van der Waals surface area (Å²) in [6.45, 7) is 2.32. The summed E-state index contributed by atoms with van der Waals surface area (Å²) in [5, 5.41) is 21.1. The lowest BCUT2D eigenvalue weighted by Gasteiger charge is -2.44. The van der Waals surface area contributed by atoms with E-state index >= 15 is 0 Å². The number of alkyl halides is 1. The van der Waals surface area contributed by atoms with Crippen LogP contribution < -0.4 is 0 Å². The highest BCUT2D eigenvalue weighted by Crippen LogP contribution is 2.42. The predicted octanol–water partition coefficient (Wildman–Crippen LogP) is 7.75. The molecule has 1 saturated heterocycles. The fourth-order valence-electron chi connectivity index (χ4n) is 5.45. The number of likely N-dealkylation sites (tertiary alicyclic amines) is 1. The predicted molar refractivity (Wildman–Crippen MR) is 156 cm³/mol. The first-order chi connectivity index (χ1) is 18.7. The van der Waals surface area contributed by atoms with Crippen molar-refractivity contribution in [2.24, 2.45) is 0 Å². The number of carboxylic acid groups (broad SMARTS) is 1. The Kier molecular flexibility index (Phi) is 7.97. The summed E-state index contributed by atoms with van der Waals surface area (Å²) in [4.78, 5) is 13.5. The van der Waals surface area contributed by atoms with Gasteiger partial charge < -0.3 is 10.2 Å². The number of nitrogens with zero attached hydrogens (tertiary/aromatic N) is 1. The third kappa shape index (κ3) is 5.82. The molecule has 1 fully saturated rings. The van der Waals surface area contributed by atoms with Gasteiger partial charge >= 0.3 is 5.97 Å². The van der Waals surface area contributed by atoms with Crippen molar-refractivity contribution in [2.45, 2.75) is 38.3 Å². The molecule has 3 aromatic carbocycles. The van der Waals surface area contributed by atoms with E-state index in [1.54, 1.807) is 25.1 Å². The second kappa shape index (κ2) is 11.3. The molecule has 1 unspecified atom stereocenters. The topological polar surface area (TPSA) is 60.8 Å². The molecular formula is C32H30Cl2FNO3. The number of halogens is 3. The van der Waals surface area contributed by atoms with Crippen LogP contribution in [0.1, 0.15) is 64.4 Å². The van der Waals surface area contributed by atoms with E-state index in [0.29, 0.717) is 23.1 Å². The Morgan fingerprint density at radius 1 is 1.03 bits per heavy atom. The average Bonchev–Trinajstić information content (AvgIpc) is 3.05. The van der Waals surface area contributed by atoms with E-state index in [2.05, 4.69) is 30.3 Å². The highest BCUT2D eigenvalue weighted by Gasteiger charge is 2.35. The van der Waals surface area contributed by atoms with Gasteiger partial charge in [0.05, 0.1) is 12.2 Å². The molecule has 1 aliphatic heterocycles. The van der Waals surface area contributed by atoms with Crippen molar-refractivity contribution in [3.63, 3.8) is 0 Å². The number of hydrogen-bond acceptors (Lipinski definition) is 3. The number of carbonyl (C=O) groups is 1. The first kappa shape index (κ1) is 27.6. The molecule has 4 nitrogen and oxygen atoms in total. The SMILES string of the molecule is CC(O)(CCF)N1CC(=Cc2ccc(C3=C(c4ccc(Cl)cc4Cl)CCCc4cc(C(=O)O)ccc43)cc2)C1. The molecule has 1 heterocycles. The van der Waals surface area contributed by atoms with Crippen LogP contribution in [0.5, 0.6) is 0 Å². The first-order valence-corrected chi connectivity index (χ1v) is 13.8. The molecule has 39 heavy (non-hydrogen) atoms. The van der Waals surface area contributed by atoms with Gasteiger partial charge in [-0.05, 0) is 95.0 Å². The van der Waals surface area contributed by atoms with Crippen LogP contribution in [-0.4, -0.2) is 46.6 Å². The molecule has 202 valence electrons. The molecule has 1 atom stereocenters. The molecule has 0 bridgehead atoms. The Labute approximate surface area is 238 Å². The Morgan fingerprint density at radius 2 is 1.74 bits per heavy atom. The minimum atomic E-state index is -1.13. The summed E-state index contributed by atoms with van der Waals surface area (Å²) in [5.41, 5.74) is 7.47. The minimum absolute atomic E-state index is 0.0967. The maximum absolute atomic E-state index is 12.7. The zero-order valence-electron chi connectivity index (χ0n) is 21.7. The fraction of sp³-hybridized carbons (Fsp3) is 0.281. The van der Waals surface area contributed by atoms with Crippen molar-refractivity contribution in [2.75, 3.05) is 19.8 Å². The van der Waals surface area contributed by atoms with Crippen LogP contribution in [0.2, 0.25) is 10.0 Å². The lowest BCUT2D eigenvalue weighted by atomic mass is 9.87. The summed E-state index contributed by atoms with van der Waals surface area (Å²) in [6.07, 6.45) is 4.62. The van der Waals surface area contributed by atoms with Gasteiger partial charge in [0.25, 0.3) is 0 Å². The van der Waals surface area contributed by atoms with E-state index in [4.69, 9.17) is 23.2 Å². The van der Waals surface area contributed by atoms with Crippen LogP contribution in [0.25, 0.3) is 17.2 Å². The molecule has 0 radical (unpaired) electrons. The van der Waals surface area contributed by atoms with E-state index < -0.39 is 18.4 Å². The molecular weight excluding hydrogens is 536 g/mol. The molecule has 5 rings (SSSR count). The lowest BCUT2D eigenvalue weighted by molar-refractivity contribution is -0.112. The number of hydrogen-bond donors (Lipinski definition) is 2. The van der Waals surface area contributed by atoms with Crippen LogP contribution in [0, 0.1) is 0 Å². The first-order valence-electron chi connectivity index (χ1n) is 13.0. The van der Waals surface area contributed by atoms with E-state index in [-0.39, 0.29) is 12.0 Å². The third-order valence-corrected chi connectivity index (χ3v) is 8.21. The van der Waals surface area contributed by atoms with Gasteiger partial charge in [-0.2, -0.15) is 0 Å². The second-order valence-corrected chi connectivity index (χ2v) is 11.3. The highest BCUT2D eigenvalue weighted by atomic mass is 35.5. The Hall–Kier alpha value is -2.96. The number of aliphatic hydroxyl groups is 1. The molecule has 2 aliphatic rings. The summed E-state index contributed by atoms with van der Waals surface area (Å²) in [7, 11) is 0. The molecule has 0 aromatic heterocycles. The zero-order chi connectivity index (χ0) is 27.7. The van der Waals surface area contributed by atoms with E-state index in [1.165, 1.54) is 5.57 Å². The summed E-state index contributed by atoms with van der Waals surface area (Å²) >= 11 is 12.9. The standard InChI is InChI=1S/C32H30Cl2FNO3/c1-32(39,13-14-35)36-18-21(19-36)15-20-5-7-22(8-6-20)30-26-11-9-24(31(37)38)16-23(26)3-2-4-28(30)27-12-10-25(33)17-29(27)34/h5-12,15-17,39H,2-4,13-14,18-19H2,1H3,(H,37,38). The monoisotopic (exact) mass is 565 g/mol. The van der Waals surface area contributed by atoms with Crippen molar-refractivity contribution in [1.29, 1.82) is 0 Å². The lowest BCUT2D eigenvalue weighted by Crippen LogP contribution is -2.55. The molecule has 1 aliphatic carbocycles. The number of rotatable bonds is 7. The zero-order valence-corrected chi connectivity index (χ0v) is 23.2. The number of fused-ring (bicyclic) bond motifs is 1. The molecule has 2 N–H and O–H groups in total. The van der Waals surface area contributed by atoms with Crippen molar-refractivity contribution < 1.29 is 19.4 Å². The number of aromatic carboxylic acids is 1. The van der Waals surface area contributed by atoms with Crippen LogP contribution in [0.3, 0.4) is 0 Å². The number of carboxylic acids is 1. The van der Waals surface area contributed by atoms with Crippen molar-refractivity contribution in [3.05, 3.63) is 110 Å². The average molecular weight is 567 g/mol. The molecule has 0 amide bonds. The van der Waals surface area contributed by atoms with Crippen LogP contribution in [0.4, 0.5) is 4.39 Å². The van der Waals surface area contributed by atoms with Crippen LogP contribution in [0.15, 0.2) is 66.2 Å². The maximum Gasteiger partial charge on any atom is 0.335 e. The summed E-state index contributed by atoms with van der Waals surface area (Å²) < 4.78 is 12.7. The quantitative estimate of drug-likeness (QED) is 0.307. The van der Waals surface area contributed by atoms with Gasteiger partial charge in [0.1, 0.15) is 5.72 Å². The van der Waals surface area contributed by atoms with Crippen molar-refractivity contribution in [1.82, 2.24) is 4.90 Å². The van der Waals surface area contributed by atoms with Crippen molar-refractivity contribution in [3.8, 4) is 0 Å². The number of allylic oxidation sites excluding steroid dienone is 1. The summed E-state index contributed by atoms with van der Waals surface area (Å²) in [6, 6.07) is 19.2. The minimum Gasteiger partial charge on any atom is -0.478 e. The van der Waals surface area contributed by atoms with Crippen LogP contribution >= 0.6 is 23.2 Å². The third-order valence-electron chi connectivity index (χ3n) is 7.66. The second-order valence-electron chi connectivity index (χ2n) is 10.4. The number of aryl methyl sites for hydroxylation is 1. The van der Waals surface area contributed by atoms with Gasteiger partial charge in [-0.3, -0.25) is 9.29 Å². The largest absolute Gasteiger partial charge is 0.478 e. The van der Waals surface area contributed by atoms with Gasteiger partial charge in [-0.15, -0.1) is 0 Å². The maximum atomic E-state index is 12.7. The Bertz CT molecular complexity index is 1470. The van der Waals surface area contributed by atoms with Crippen molar-refractivity contribution >= 4 is 46.4 Å². The Morgan fingerprint density at radius 3 is 2.41 bits per heavy atom. The molecule has 3 aromatic rings. The van der Waals surface area contributed by atoms with E-state index in [9.17, 15) is 19.4 Å². The molecule has 0 spiro atoms. The highest BCUT2D eigenvalue weighted by molar-refractivity contribution is 6.36. The number of benzene rings is 3. The fourth-order valence-corrected chi connectivity index (χ4v) is 5.97. The van der Waals surface area contributed by atoms with E-state index in [0.717, 1.165) is 58.2 Å².